The van der Waals surface area contributed by atoms with Gasteiger partial charge in [0.25, 0.3) is 0 Å². The summed E-state index contributed by atoms with van der Waals surface area (Å²) in [6, 6.07) is 8.43. The van der Waals surface area contributed by atoms with Crippen molar-refractivity contribution >= 4 is 49.2 Å². The highest BCUT2D eigenvalue weighted by atomic mass is 35.5. The fraction of sp³-hybridized carbons (Fsp3) is 0.379. The predicted octanol–water partition coefficient (Wildman–Crippen LogP) is 3.58. The number of alkyl halides is 2. The largest absolute Gasteiger partial charge is 0.619 e. The number of hydrogen-bond donors (Lipinski definition) is 1. The minimum atomic E-state index is -4.32. The summed E-state index contributed by atoms with van der Waals surface area (Å²) in [5.41, 5.74) is 0.474. The van der Waals surface area contributed by atoms with Crippen LogP contribution in [0.25, 0.3) is 0 Å². The number of rotatable bonds is 13. The molecule has 13 nitrogen and oxygen atoms in total. The maximum absolute atomic E-state index is 13.6. The van der Waals surface area contributed by atoms with Gasteiger partial charge in [0.1, 0.15) is 16.1 Å². The van der Waals surface area contributed by atoms with Crippen molar-refractivity contribution in [1.29, 1.82) is 0 Å². The Morgan fingerprint density at radius 2 is 1.75 bits per heavy atom. The van der Waals surface area contributed by atoms with Gasteiger partial charge < -0.3 is 24.2 Å². The lowest BCUT2D eigenvalue weighted by atomic mass is 10.0. The first kappa shape index (κ1) is 36.0. The van der Waals surface area contributed by atoms with Crippen LogP contribution in [0.2, 0.25) is 10.0 Å². The number of esters is 1. The monoisotopic (exact) mass is 751 g/mol. The van der Waals surface area contributed by atoms with Gasteiger partial charge in [-0.1, -0.05) is 35.3 Å². The molecule has 0 amide bonds. The molecule has 48 heavy (non-hydrogen) atoms. The molecule has 3 aromatic rings. The molecule has 2 fully saturated rings. The molecule has 0 bridgehead atoms. The van der Waals surface area contributed by atoms with E-state index in [1.165, 1.54) is 30.3 Å². The molecule has 1 aliphatic heterocycles. The van der Waals surface area contributed by atoms with Crippen LogP contribution in [0.5, 0.6) is 11.5 Å². The van der Waals surface area contributed by atoms with E-state index < -0.39 is 56.3 Å². The highest BCUT2D eigenvalue weighted by Gasteiger charge is 2.37. The molecule has 1 aromatic heterocycles. The van der Waals surface area contributed by atoms with E-state index in [2.05, 4.69) is 4.74 Å². The third-order valence-electron chi connectivity index (χ3n) is 7.50. The Balaban J connectivity index is 1.43. The first-order chi connectivity index (χ1) is 22.6. The molecule has 2 heterocycles. The Morgan fingerprint density at radius 1 is 1.06 bits per heavy atom. The fourth-order valence-electron chi connectivity index (χ4n) is 4.83. The van der Waals surface area contributed by atoms with Gasteiger partial charge in [-0.15, -0.1) is 0 Å². The van der Waals surface area contributed by atoms with Crippen molar-refractivity contribution in [3.8, 4) is 11.5 Å². The number of primary sulfonamides is 1. The summed E-state index contributed by atoms with van der Waals surface area (Å²) in [6.07, 6.45) is 1.07. The average Bonchev–Trinajstić information content (AvgIpc) is 3.86. The van der Waals surface area contributed by atoms with Crippen molar-refractivity contribution in [3.63, 3.8) is 0 Å². The van der Waals surface area contributed by atoms with Crippen molar-refractivity contribution in [2.45, 2.75) is 47.9 Å². The highest BCUT2D eigenvalue weighted by Crippen LogP contribution is 2.38. The zero-order chi connectivity index (χ0) is 34.8. The lowest BCUT2D eigenvalue weighted by Crippen LogP contribution is -2.49. The van der Waals surface area contributed by atoms with Crippen molar-refractivity contribution in [2.24, 2.45) is 11.1 Å². The number of morpholine rings is 1. The summed E-state index contributed by atoms with van der Waals surface area (Å²) in [4.78, 5) is 12.8. The summed E-state index contributed by atoms with van der Waals surface area (Å²) < 4.78 is 99.9. The lowest BCUT2D eigenvalue weighted by molar-refractivity contribution is -0.605. The van der Waals surface area contributed by atoms with Gasteiger partial charge >= 0.3 is 12.6 Å². The minimum Gasteiger partial charge on any atom is -0.619 e. The van der Waals surface area contributed by atoms with E-state index in [0.29, 0.717) is 4.73 Å². The molecule has 2 atom stereocenters. The van der Waals surface area contributed by atoms with Crippen LogP contribution in [0.15, 0.2) is 64.6 Å². The summed E-state index contributed by atoms with van der Waals surface area (Å²) >= 11 is 12.6. The number of pyridine rings is 1. The predicted molar refractivity (Wildman–Crippen MR) is 166 cm³/mol. The average molecular weight is 753 g/mol. The molecule has 0 spiro atoms. The van der Waals surface area contributed by atoms with Gasteiger partial charge in [-0.2, -0.15) is 17.8 Å². The Labute approximate surface area is 284 Å². The maximum atomic E-state index is 13.6. The standard InChI is InChI=1S/C29H29Cl2F2N3O10S2/c30-22-13-35(38)14-23(31)21(22)12-25(18-6-7-24(46-29(32)33)26(10-18)44-16-17-4-5-17)45-28(37)27-15-36(8-9-43-27)48(41,42)20-3-1-2-19(11-20)47(34,39)40/h1-3,6-7,10-11,13-14,17,25,27,29H,4-5,8-9,12,15-16H2,(H2,34,39,40)/t25-,27-/m0/s1. The summed E-state index contributed by atoms with van der Waals surface area (Å²) in [5.74, 6) is -1.01. The minimum absolute atomic E-state index is 0.0312. The Kier molecular flexibility index (Phi) is 11.0. The quantitative estimate of drug-likeness (QED) is 0.154. The molecule has 0 radical (unpaired) electrons. The first-order valence-electron chi connectivity index (χ1n) is 14.3. The van der Waals surface area contributed by atoms with E-state index in [-0.39, 0.29) is 69.7 Å². The van der Waals surface area contributed by atoms with Gasteiger partial charge in [0.15, 0.2) is 30.0 Å². The second kappa shape index (κ2) is 14.7. The summed E-state index contributed by atoms with van der Waals surface area (Å²) in [6.45, 7) is -3.76. The van der Waals surface area contributed by atoms with E-state index in [4.69, 9.17) is 42.6 Å². The lowest BCUT2D eigenvalue weighted by Gasteiger charge is -2.32. The van der Waals surface area contributed by atoms with E-state index in [1.807, 2.05) is 0 Å². The zero-order valence-electron chi connectivity index (χ0n) is 24.8. The van der Waals surface area contributed by atoms with E-state index in [0.717, 1.165) is 41.7 Å². The molecular weight excluding hydrogens is 723 g/mol. The second-order valence-electron chi connectivity index (χ2n) is 11.0. The summed E-state index contributed by atoms with van der Waals surface area (Å²) in [7, 11) is -8.52. The number of nitrogens with two attached hydrogens (primary N) is 1. The Morgan fingerprint density at radius 3 is 2.40 bits per heavy atom. The van der Waals surface area contributed by atoms with Crippen molar-refractivity contribution < 1.29 is 54.1 Å². The maximum Gasteiger partial charge on any atom is 0.387 e. The van der Waals surface area contributed by atoms with Crippen LogP contribution in [-0.4, -0.2) is 66.1 Å². The number of hydrogen-bond acceptors (Lipinski definition) is 10. The first-order valence-corrected chi connectivity index (χ1v) is 18.1. The van der Waals surface area contributed by atoms with E-state index >= 15 is 0 Å². The molecule has 1 saturated carbocycles. The van der Waals surface area contributed by atoms with Crippen molar-refractivity contribution in [2.75, 3.05) is 26.3 Å². The molecule has 2 aromatic carbocycles. The molecule has 2 aliphatic rings. The van der Waals surface area contributed by atoms with E-state index in [9.17, 15) is 35.6 Å². The number of ether oxygens (including phenoxy) is 4. The molecule has 19 heteroatoms. The van der Waals surface area contributed by atoms with Gasteiger partial charge in [-0.05, 0) is 54.7 Å². The fourth-order valence-corrected chi connectivity index (χ4v) is 7.53. The topological polar surface area (TPSA) is 178 Å². The van der Waals surface area contributed by atoms with Crippen molar-refractivity contribution in [1.82, 2.24) is 4.31 Å². The number of carbonyl (C=O) groups excluding carboxylic acids is 1. The molecule has 260 valence electrons. The number of aromatic nitrogens is 1. The third-order valence-corrected chi connectivity index (χ3v) is 10.9. The smallest absolute Gasteiger partial charge is 0.387 e. The van der Waals surface area contributed by atoms with Crippen LogP contribution in [-0.2, 0) is 40.7 Å². The van der Waals surface area contributed by atoms with Crippen LogP contribution >= 0.6 is 23.2 Å². The van der Waals surface area contributed by atoms with Gasteiger partial charge in [0.2, 0.25) is 20.0 Å². The van der Waals surface area contributed by atoms with Gasteiger partial charge in [-0.3, -0.25) is 0 Å². The van der Waals surface area contributed by atoms with E-state index in [1.54, 1.807) is 0 Å². The number of carbonyl (C=O) groups is 1. The molecule has 5 rings (SSSR count). The van der Waals surface area contributed by atoms with Gasteiger partial charge in [-0.25, -0.2) is 26.8 Å². The molecule has 2 N–H and O–H groups in total. The SMILES string of the molecule is NS(=O)(=O)c1cccc(S(=O)(=O)N2CCO[C@H](C(=O)O[C@@H](Cc3c(Cl)c[n+]([O-])cc3Cl)c3ccc(OC(F)F)c(OCC4CC4)c3)C2)c1. The number of halogens is 4. The van der Waals surface area contributed by atoms with Gasteiger partial charge in [0, 0.05) is 18.5 Å². The molecule has 1 aliphatic carbocycles. The van der Waals surface area contributed by atoms with Crippen LogP contribution in [0, 0.1) is 11.1 Å². The van der Waals surface area contributed by atoms with Crippen LogP contribution in [0.3, 0.4) is 0 Å². The molecular formula is C29H29Cl2F2N3O10S2. The number of nitrogens with zero attached hydrogens (tertiary/aromatic N) is 2. The second-order valence-corrected chi connectivity index (χ2v) is 15.3. The van der Waals surface area contributed by atoms with Crippen LogP contribution < -0.4 is 19.3 Å². The third kappa shape index (κ3) is 8.82. The normalized spacial score (nSPS) is 18.0. The summed E-state index contributed by atoms with van der Waals surface area (Å²) in [5, 5.41) is 16.9. The van der Waals surface area contributed by atoms with Crippen LogP contribution in [0.1, 0.15) is 30.1 Å². The zero-order valence-corrected chi connectivity index (χ0v) is 28.0. The molecule has 0 unspecified atom stereocenters. The Hall–Kier alpha value is -3.32. The van der Waals surface area contributed by atoms with Crippen LogP contribution in [0.4, 0.5) is 8.78 Å². The Bertz CT molecular complexity index is 1880. The van der Waals surface area contributed by atoms with Crippen molar-refractivity contribution in [3.05, 3.63) is 81.2 Å². The highest BCUT2D eigenvalue weighted by molar-refractivity contribution is 7.90. The number of sulfonamides is 2. The number of benzene rings is 2. The molecule has 1 saturated heterocycles. The van der Waals surface area contributed by atoms with Gasteiger partial charge in [0.05, 0.1) is 29.5 Å².